The lowest BCUT2D eigenvalue weighted by atomic mass is 9.89. The van der Waals surface area contributed by atoms with E-state index < -0.39 is 24.0 Å². The summed E-state index contributed by atoms with van der Waals surface area (Å²) in [5, 5.41) is 14.6. The van der Waals surface area contributed by atoms with Gasteiger partial charge in [-0.05, 0) is 47.9 Å². The number of aliphatic carboxylic acids is 1. The quantitative estimate of drug-likeness (QED) is 0.509. The fourth-order valence-electron chi connectivity index (χ4n) is 5.63. The number of carboxylic acid groups (broad SMARTS) is 1. The maximum Gasteiger partial charge on any atom is 0.407 e. The van der Waals surface area contributed by atoms with Gasteiger partial charge in [0.2, 0.25) is 5.91 Å². The molecule has 2 saturated heterocycles. The predicted octanol–water partition coefficient (Wildman–Crippen LogP) is 3.44. The maximum atomic E-state index is 12.8. The Labute approximate surface area is 204 Å². The van der Waals surface area contributed by atoms with Crippen molar-refractivity contribution >= 4 is 18.0 Å². The Bertz CT molecular complexity index is 1070. The highest BCUT2D eigenvalue weighted by Crippen LogP contribution is 2.44. The van der Waals surface area contributed by atoms with Crippen molar-refractivity contribution in [3.05, 3.63) is 59.7 Å². The summed E-state index contributed by atoms with van der Waals surface area (Å²) in [5.41, 5.74) is 4.44. The fraction of sp³-hybridized carbons (Fsp3) is 0.444. The van der Waals surface area contributed by atoms with Crippen molar-refractivity contribution in [2.75, 3.05) is 13.2 Å². The summed E-state index contributed by atoms with van der Waals surface area (Å²) in [6, 6.07) is 15.1. The van der Waals surface area contributed by atoms with Crippen LogP contribution in [0.1, 0.15) is 49.1 Å². The average molecular weight is 479 g/mol. The minimum atomic E-state index is -1.03. The average Bonchev–Trinajstić information content (AvgIpc) is 3.57. The zero-order valence-electron chi connectivity index (χ0n) is 19.4. The largest absolute Gasteiger partial charge is 0.481 e. The normalized spacial score (nSPS) is 22.8. The van der Waals surface area contributed by atoms with E-state index in [0.717, 1.165) is 41.5 Å². The Morgan fingerprint density at radius 1 is 1.03 bits per heavy atom. The van der Waals surface area contributed by atoms with Crippen molar-refractivity contribution in [1.29, 1.82) is 0 Å². The minimum Gasteiger partial charge on any atom is -0.481 e. The van der Waals surface area contributed by atoms with E-state index in [4.69, 9.17) is 14.6 Å². The highest BCUT2D eigenvalue weighted by molar-refractivity contribution is 5.86. The first kappa shape index (κ1) is 23.4. The molecule has 2 aromatic rings. The summed E-state index contributed by atoms with van der Waals surface area (Å²) < 4.78 is 11.4. The molecule has 5 rings (SSSR count). The molecule has 35 heavy (non-hydrogen) atoms. The molecule has 3 aliphatic rings. The van der Waals surface area contributed by atoms with Crippen molar-refractivity contribution in [1.82, 2.24) is 10.6 Å². The van der Waals surface area contributed by atoms with Crippen LogP contribution in [0.15, 0.2) is 48.5 Å². The minimum absolute atomic E-state index is 0.0153. The lowest BCUT2D eigenvalue weighted by molar-refractivity contribution is -0.137. The van der Waals surface area contributed by atoms with Crippen molar-refractivity contribution < 1.29 is 29.0 Å². The Morgan fingerprint density at radius 2 is 1.71 bits per heavy atom. The van der Waals surface area contributed by atoms with Gasteiger partial charge in [-0.3, -0.25) is 9.59 Å². The molecule has 0 spiro atoms. The van der Waals surface area contributed by atoms with Crippen LogP contribution in [-0.4, -0.2) is 54.5 Å². The Hall–Kier alpha value is -3.39. The molecule has 8 nitrogen and oxygen atoms in total. The Balaban J connectivity index is 1.19. The second-order valence-corrected chi connectivity index (χ2v) is 9.57. The van der Waals surface area contributed by atoms with E-state index in [2.05, 4.69) is 22.8 Å². The molecule has 8 heteroatoms. The van der Waals surface area contributed by atoms with Gasteiger partial charge in [-0.25, -0.2) is 4.79 Å². The van der Waals surface area contributed by atoms with Crippen molar-refractivity contribution in [3.8, 4) is 11.1 Å². The number of carboxylic acids is 1. The van der Waals surface area contributed by atoms with Crippen LogP contribution < -0.4 is 10.6 Å². The van der Waals surface area contributed by atoms with Crippen LogP contribution in [0.25, 0.3) is 11.1 Å². The summed E-state index contributed by atoms with van der Waals surface area (Å²) >= 11 is 0. The van der Waals surface area contributed by atoms with Crippen LogP contribution >= 0.6 is 0 Å². The molecule has 1 aliphatic carbocycles. The highest BCUT2D eigenvalue weighted by atomic mass is 16.5. The fourth-order valence-corrected chi connectivity index (χ4v) is 5.63. The Kier molecular flexibility index (Phi) is 6.72. The number of rotatable bonds is 9. The van der Waals surface area contributed by atoms with Crippen LogP contribution in [0.3, 0.4) is 0 Å². The molecule has 2 fully saturated rings. The van der Waals surface area contributed by atoms with Gasteiger partial charge >= 0.3 is 12.1 Å². The number of amides is 2. The van der Waals surface area contributed by atoms with Crippen molar-refractivity contribution in [2.45, 2.75) is 56.3 Å². The lowest BCUT2D eigenvalue weighted by Crippen LogP contribution is -2.48. The summed E-state index contributed by atoms with van der Waals surface area (Å²) in [6.45, 7) is 0.575. The Morgan fingerprint density at radius 3 is 2.31 bits per heavy atom. The standard InChI is InChI=1S/C27H30N2O6/c30-25(31)12-10-23(26(32)28-14-16-13-17-9-11-24(16)35-17)29-27(33)34-15-22-20-7-3-1-5-18(20)19-6-2-4-8-21(19)22/h1-8,16-17,22-24H,9-15H2,(H,28,32)(H,29,33)(H,30,31). The summed E-state index contributed by atoms with van der Waals surface area (Å²) in [7, 11) is 0. The second-order valence-electron chi connectivity index (χ2n) is 9.57. The molecular formula is C27H30N2O6. The number of hydrogen-bond donors (Lipinski definition) is 3. The van der Waals surface area contributed by atoms with E-state index in [1.807, 2.05) is 36.4 Å². The van der Waals surface area contributed by atoms with E-state index in [9.17, 15) is 14.4 Å². The molecule has 0 radical (unpaired) electrons. The summed E-state index contributed by atoms with van der Waals surface area (Å²) in [5.74, 6) is -1.27. The van der Waals surface area contributed by atoms with Crippen LogP contribution in [0.2, 0.25) is 0 Å². The van der Waals surface area contributed by atoms with Gasteiger partial charge < -0.3 is 25.2 Å². The smallest absolute Gasteiger partial charge is 0.407 e. The van der Waals surface area contributed by atoms with Crippen molar-refractivity contribution in [2.24, 2.45) is 5.92 Å². The van der Waals surface area contributed by atoms with Crippen molar-refractivity contribution in [3.63, 3.8) is 0 Å². The van der Waals surface area contributed by atoms with Gasteiger partial charge in [0.25, 0.3) is 0 Å². The number of hydrogen-bond acceptors (Lipinski definition) is 5. The molecule has 3 N–H and O–H groups in total. The molecule has 2 heterocycles. The monoisotopic (exact) mass is 478 g/mol. The van der Waals surface area contributed by atoms with Crippen LogP contribution in [0.5, 0.6) is 0 Å². The first-order valence-electron chi connectivity index (χ1n) is 12.3. The third-order valence-electron chi connectivity index (χ3n) is 7.37. The van der Waals surface area contributed by atoms with Gasteiger partial charge in [-0.15, -0.1) is 0 Å². The van der Waals surface area contributed by atoms with E-state index in [1.165, 1.54) is 0 Å². The first-order chi connectivity index (χ1) is 17.0. The number of carbonyl (C=O) groups excluding carboxylic acids is 2. The number of benzene rings is 2. The molecule has 0 saturated carbocycles. The molecule has 0 aromatic heterocycles. The summed E-state index contributed by atoms with van der Waals surface area (Å²) in [6.07, 6.45) is 2.46. The molecule has 2 amide bonds. The van der Waals surface area contributed by atoms with E-state index in [0.29, 0.717) is 6.54 Å². The van der Waals surface area contributed by atoms with Crippen LogP contribution in [0.4, 0.5) is 4.79 Å². The first-order valence-corrected chi connectivity index (χ1v) is 12.3. The molecule has 4 atom stereocenters. The molecule has 4 unspecified atom stereocenters. The molecule has 2 bridgehead atoms. The number of alkyl carbamates (subject to hydrolysis) is 1. The number of fused-ring (bicyclic) bond motifs is 5. The van der Waals surface area contributed by atoms with Gasteiger partial charge in [0.05, 0.1) is 12.2 Å². The number of ether oxygens (including phenoxy) is 2. The van der Waals surface area contributed by atoms with E-state index >= 15 is 0 Å². The third kappa shape index (κ3) is 5.03. The van der Waals surface area contributed by atoms with Gasteiger partial charge in [0, 0.05) is 24.8 Å². The highest BCUT2D eigenvalue weighted by Gasteiger charge is 2.40. The van der Waals surface area contributed by atoms with Gasteiger partial charge in [0.15, 0.2) is 0 Å². The third-order valence-corrected chi connectivity index (χ3v) is 7.37. The van der Waals surface area contributed by atoms with Gasteiger partial charge in [-0.2, -0.15) is 0 Å². The number of nitrogens with one attached hydrogen (secondary N) is 2. The zero-order valence-corrected chi connectivity index (χ0v) is 19.4. The van der Waals surface area contributed by atoms with Crippen LogP contribution in [-0.2, 0) is 19.1 Å². The lowest BCUT2D eigenvalue weighted by Gasteiger charge is -2.22. The molecule has 2 aromatic carbocycles. The topological polar surface area (TPSA) is 114 Å². The predicted molar refractivity (Wildman–Crippen MR) is 128 cm³/mol. The molecular weight excluding hydrogens is 448 g/mol. The summed E-state index contributed by atoms with van der Waals surface area (Å²) in [4.78, 5) is 36.6. The SMILES string of the molecule is O=C(O)CCC(NC(=O)OCC1c2ccccc2-c2ccccc21)C(=O)NCC1CC2CCC1O2. The maximum absolute atomic E-state index is 12.8. The van der Waals surface area contributed by atoms with E-state index in [1.54, 1.807) is 0 Å². The zero-order chi connectivity index (χ0) is 24.4. The number of carbonyl (C=O) groups is 3. The van der Waals surface area contributed by atoms with Crippen LogP contribution in [0, 0.1) is 5.92 Å². The molecule has 2 aliphatic heterocycles. The second kappa shape index (κ2) is 10.1. The van der Waals surface area contributed by atoms with E-state index in [-0.39, 0.29) is 43.5 Å². The van der Waals surface area contributed by atoms with Gasteiger partial charge in [-0.1, -0.05) is 48.5 Å². The molecule has 184 valence electrons. The van der Waals surface area contributed by atoms with Gasteiger partial charge in [0.1, 0.15) is 12.6 Å².